The van der Waals surface area contributed by atoms with E-state index in [2.05, 4.69) is 9.71 Å². The third-order valence-corrected chi connectivity index (χ3v) is 5.24. The summed E-state index contributed by atoms with van der Waals surface area (Å²) < 4.78 is 27.3. The van der Waals surface area contributed by atoms with Crippen molar-refractivity contribution in [2.45, 2.75) is 4.90 Å². The number of allylic oxidation sites excluding steroid dienone is 1. The van der Waals surface area contributed by atoms with E-state index in [4.69, 9.17) is 23.1 Å². The fourth-order valence-electron chi connectivity index (χ4n) is 1.66. The third kappa shape index (κ3) is 4.82. The Labute approximate surface area is 147 Å². The van der Waals surface area contributed by atoms with E-state index in [1.165, 1.54) is 47.9 Å². The zero-order valence-corrected chi connectivity index (χ0v) is 14.5. The van der Waals surface area contributed by atoms with Gasteiger partial charge in [0.15, 0.2) is 5.78 Å². The minimum absolute atomic E-state index is 0.0465. The number of hydrogen-bond donors (Lipinski definition) is 3. The summed E-state index contributed by atoms with van der Waals surface area (Å²) in [5, 5.41) is 2.86. The number of halogens is 1. The van der Waals surface area contributed by atoms with Crippen LogP contribution in [0, 0.1) is 0 Å². The van der Waals surface area contributed by atoms with E-state index in [9.17, 15) is 13.2 Å². The first-order valence-corrected chi connectivity index (χ1v) is 9.10. The second kappa shape index (κ2) is 7.47. The van der Waals surface area contributed by atoms with Gasteiger partial charge in [-0.2, -0.15) is 8.42 Å². The molecule has 0 unspecified atom stereocenters. The molecular weight excluding hydrogens is 372 g/mol. The molecule has 2 aromatic rings. The van der Waals surface area contributed by atoms with Crippen LogP contribution in [0.1, 0.15) is 9.67 Å². The number of benzene rings is 1. The normalized spacial score (nSPS) is 11.4. The van der Waals surface area contributed by atoms with Crippen LogP contribution in [0.15, 0.2) is 58.0 Å². The maximum absolute atomic E-state index is 11.8. The van der Waals surface area contributed by atoms with Crippen molar-refractivity contribution in [2.24, 2.45) is 15.9 Å². The van der Waals surface area contributed by atoms with Crippen molar-refractivity contribution in [1.82, 2.24) is 0 Å². The molecule has 2 rings (SSSR count). The minimum atomic E-state index is -3.92. The van der Waals surface area contributed by atoms with Gasteiger partial charge in [0.05, 0.1) is 14.1 Å². The van der Waals surface area contributed by atoms with Gasteiger partial charge >= 0.3 is 0 Å². The van der Waals surface area contributed by atoms with Crippen LogP contribution in [-0.4, -0.2) is 20.2 Å². The summed E-state index contributed by atoms with van der Waals surface area (Å²) in [5.74, 6) is -0.723. The summed E-state index contributed by atoms with van der Waals surface area (Å²) in [5.41, 5.74) is 10.7. The number of guanidine groups is 1. The first-order chi connectivity index (χ1) is 11.3. The van der Waals surface area contributed by atoms with E-state index in [1.54, 1.807) is 12.1 Å². The highest BCUT2D eigenvalue weighted by atomic mass is 35.5. The fraction of sp³-hybridized carbons (Fsp3) is 0. The van der Waals surface area contributed by atoms with E-state index in [-0.39, 0.29) is 10.7 Å². The minimum Gasteiger partial charge on any atom is -0.369 e. The van der Waals surface area contributed by atoms with Crippen molar-refractivity contribution in [1.29, 1.82) is 0 Å². The Morgan fingerprint density at radius 3 is 2.38 bits per heavy atom. The largest absolute Gasteiger partial charge is 0.369 e. The molecule has 0 radical (unpaired) electrons. The first-order valence-electron chi connectivity index (χ1n) is 6.47. The predicted molar refractivity (Wildman–Crippen MR) is 95.9 cm³/mol. The molecule has 0 atom stereocenters. The monoisotopic (exact) mass is 384 g/mol. The molecule has 10 heteroatoms. The van der Waals surface area contributed by atoms with E-state index in [1.807, 2.05) is 0 Å². The highest BCUT2D eigenvalue weighted by Gasteiger charge is 2.12. The lowest BCUT2D eigenvalue weighted by molar-refractivity contribution is 0.105. The molecular formula is C14H13ClN4O3S2. The van der Waals surface area contributed by atoms with Gasteiger partial charge in [0.25, 0.3) is 10.0 Å². The Hall–Kier alpha value is -2.36. The molecule has 24 heavy (non-hydrogen) atoms. The van der Waals surface area contributed by atoms with E-state index >= 15 is 0 Å². The highest BCUT2D eigenvalue weighted by molar-refractivity contribution is 7.90. The lowest BCUT2D eigenvalue weighted by Crippen LogP contribution is -2.24. The van der Waals surface area contributed by atoms with E-state index in [0.29, 0.717) is 14.9 Å². The second-order valence-electron chi connectivity index (χ2n) is 4.46. The number of rotatable bonds is 6. The van der Waals surface area contributed by atoms with Gasteiger partial charge in [-0.3, -0.25) is 4.79 Å². The van der Waals surface area contributed by atoms with Crippen molar-refractivity contribution >= 4 is 50.4 Å². The molecule has 0 saturated heterocycles. The quantitative estimate of drug-likeness (QED) is 0.303. The molecule has 0 amide bonds. The molecule has 0 aliphatic rings. The maximum Gasteiger partial charge on any atom is 0.285 e. The average molecular weight is 385 g/mol. The van der Waals surface area contributed by atoms with Crippen LogP contribution in [0.25, 0.3) is 0 Å². The number of carbonyl (C=O) groups is 1. The van der Waals surface area contributed by atoms with Crippen molar-refractivity contribution in [3.8, 4) is 0 Å². The van der Waals surface area contributed by atoms with Gasteiger partial charge in [-0.05, 0) is 36.4 Å². The Kier molecular flexibility index (Phi) is 5.60. The number of nitrogens with two attached hydrogens (primary N) is 2. The summed E-state index contributed by atoms with van der Waals surface area (Å²) in [7, 11) is -3.92. The van der Waals surface area contributed by atoms with Crippen LogP contribution >= 0.6 is 22.9 Å². The van der Waals surface area contributed by atoms with Gasteiger partial charge in [-0.1, -0.05) is 11.6 Å². The van der Waals surface area contributed by atoms with Crippen LogP contribution in [0.3, 0.4) is 0 Å². The van der Waals surface area contributed by atoms with Crippen LogP contribution < -0.4 is 16.8 Å². The van der Waals surface area contributed by atoms with Crippen LogP contribution in [0.5, 0.6) is 0 Å². The molecule has 1 heterocycles. The molecule has 0 fully saturated rings. The number of carbonyl (C=O) groups excluding carboxylic acids is 1. The number of anilines is 1. The third-order valence-electron chi connectivity index (χ3n) is 2.68. The number of thiophene rings is 1. The topological polar surface area (TPSA) is 128 Å². The van der Waals surface area contributed by atoms with Crippen LogP contribution in [0.2, 0.25) is 4.34 Å². The summed E-state index contributed by atoms with van der Waals surface area (Å²) in [6.45, 7) is 0. The van der Waals surface area contributed by atoms with Crippen molar-refractivity contribution in [3.63, 3.8) is 0 Å². The Morgan fingerprint density at radius 2 is 1.83 bits per heavy atom. The molecule has 0 aliphatic carbocycles. The van der Waals surface area contributed by atoms with Gasteiger partial charge in [-0.25, -0.2) is 0 Å². The predicted octanol–water partition coefficient (Wildman–Crippen LogP) is 2.17. The zero-order chi connectivity index (χ0) is 17.7. The smallest absolute Gasteiger partial charge is 0.285 e. The first kappa shape index (κ1) is 18.0. The van der Waals surface area contributed by atoms with Gasteiger partial charge in [0.1, 0.15) is 0 Å². The summed E-state index contributed by atoms with van der Waals surface area (Å²) in [6, 6.07) is 9.02. The zero-order valence-electron chi connectivity index (χ0n) is 12.1. The highest BCUT2D eigenvalue weighted by Crippen LogP contribution is 2.22. The molecule has 126 valence electrons. The number of sulfonamides is 1. The second-order valence-corrected chi connectivity index (χ2v) is 7.78. The number of ketones is 1. The van der Waals surface area contributed by atoms with E-state index < -0.39 is 16.0 Å². The summed E-state index contributed by atoms with van der Waals surface area (Å²) in [6.07, 6.45) is 2.81. The molecule has 1 aromatic carbocycles. The molecule has 5 N–H and O–H groups in total. The standard InChI is InChI=1S/C14H13ClN4O3S2/c15-13-6-5-12(23-13)11(20)7-8-18-9-1-3-10(4-2-9)24(21,22)19-14(16)17/h1-8,18H,(H4,16,17,19)/b8-7+. The number of nitrogens with zero attached hydrogens (tertiary/aromatic N) is 1. The molecule has 7 nitrogen and oxygen atoms in total. The SMILES string of the molecule is NC(N)=NS(=O)(=O)c1ccc(N/C=C/C(=O)c2ccc(Cl)s2)cc1. The maximum atomic E-state index is 11.8. The average Bonchev–Trinajstić information content (AvgIpc) is 2.93. The van der Waals surface area contributed by atoms with Crippen LogP contribution in [-0.2, 0) is 10.0 Å². The Balaban J connectivity index is 2.03. The molecule has 0 saturated carbocycles. The van der Waals surface area contributed by atoms with Gasteiger partial charge < -0.3 is 16.8 Å². The summed E-state index contributed by atoms with van der Waals surface area (Å²) >= 11 is 6.96. The number of hydrogen-bond acceptors (Lipinski definition) is 5. The van der Waals surface area contributed by atoms with Gasteiger partial charge in [0.2, 0.25) is 5.96 Å². The number of nitrogens with one attached hydrogen (secondary N) is 1. The van der Waals surface area contributed by atoms with Gasteiger partial charge in [-0.15, -0.1) is 15.7 Å². The molecule has 0 aliphatic heterocycles. The van der Waals surface area contributed by atoms with Crippen molar-refractivity contribution in [3.05, 3.63) is 57.9 Å². The van der Waals surface area contributed by atoms with Crippen molar-refractivity contribution in [2.75, 3.05) is 5.32 Å². The lowest BCUT2D eigenvalue weighted by atomic mass is 10.3. The van der Waals surface area contributed by atoms with E-state index in [0.717, 1.165) is 0 Å². The van der Waals surface area contributed by atoms with Crippen LogP contribution in [0.4, 0.5) is 5.69 Å². The lowest BCUT2D eigenvalue weighted by Gasteiger charge is -2.03. The molecule has 0 bridgehead atoms. The Bertz CT molecular complexity index is 898. The van der Waals surface area contributed by atoms with Crippen molar-refractivity contribution < 1.29 is 13.2 Å². The summed E-state index contributed by atoms with van der Waals surface area (Å²) in [4.78, 5) is 12.3. The molecule has 0 spiro atoms. The van der Waals surface area contributed by atoms with Gasteiger partial charge in [0, 0.05) is 18.0 Å². The molecule has 1 aromatic heterocycles. The fourth-order valence-corrected chi connectivity index (χ4v) is 3.48. The Morgan fingerprint density at radius 1 is 1.17 bits per heavy atom.